The highest BCUT2D eigenvalue weighted by molar-refractivity contribution is 7.80. The van der Waals surface area contributed by atoms with E-state index >= 15 is 0 Å². The molecule has 0 saturated carbocycles. The summed E-state index contributed by atoms with van der Waals surface area (Å²) in [5.74, 6) is 0. The van der Waals surface area contributed by atoms with E-state index in [0.717, 1.165) is 6.26 Å². The lowest BCUT2D eigenvalue weighted by molar-refractivity contribution is 0.335. The summed E-state index contributed by atoms with van der Waals surface area (Å²) in [7, 11) is 0. The van der Waals surface area contributed by atoms with E-state index in [1.165, 1.54) is 0 Å². The molecule has 0 aliphatic carbocycles. The predicted molar refractivity (Wildman–Crippen MR) is 40.6 cm³/mol. The maximum Gasteiger partial charge on any atom is 0.189 e. The number of aliphatic hydroxyl groups is 1. The Labute approximate surface area is 60.1 Å². The summed E-state index contributed by atoms with van der Waals surface area (Å²) in [4.78, 5) is 0. The highest BCUT2D eigenvalue weighted by atomic mass is 32.1. The lowest BCUT2D eigenvalue weighted by Gasteiger charge is -2.01. The number of hydrogen-bond donors (Lipinski definition) is 1. The molecule has 0 aromatic heterocycles. The van der Waals surface area contributed by atoms with Crippen LogP contribution in [0.4, 0.5) is 0 Å². The molecule has 0 spiro atoms. The summed E-state index contributed by atoms with van der Waals surface area (Å²) in [6.07, 6.45) is 0.942. The van der Waals surface area contributed by atoms with E-state index in [4.69, 9.17) is 22.1 Å². The molecule has 9 heavy (non-hydrogen) atoms. The van der Waals surface area contributed by atoms with Crippen LogP contribution >= 0.6 is 12.2 Å². The maximum atomic E-state index is 8.40. The molecule has 0 aliphatic rings. The van der Waals surface area contributed by atoms with E-state index in [2.05, 4.69) is 0 Å². The lowest BCUT2D eigenvalue weighted by Crippen LogP contribution is -2.01. The minimum absolute atomic E-state index is 0.361. The maximum absolute atomic E-state index is 8.40. The topological polar surface area (TPSA) is 29.5 Å². The highest BCUT2D eigenvalue weighted by Crippen LogP contribution is 1.96. The van der Waals surface area contributed by atoms with Gasteiger partial charge in [0.25, 0.3) is 0 Å². The number of ether oxygens (including phenoxy) is 1. The lowest BCUT2D eigenvalue weighted by atomic mass is 10.4. The Kier molecular flexibility index (Phi) is 4.05. The van der Waals surface area contributed by atoms with Crippen LogP contribution in [0, 0.1) is 0 Å². The van der Waals surface area contributed by atoms with Crippen LogP contribution in [0.3, 0.4) is 0 Å². The zero-order chi connectivity index (χ0) is 7.28. The average molecular weight is 146 g/mol. The zero-order valence-corrected chi connectivity index (χ0v) is 6.36. The fourth-order valence-corrected chi connectivity index (χ4v) is 0.468. The van der Waals surface area contributed by atoms with Crippen molar-refractivity contribution in [2.24, 2.45) is 0 Å². The van der Waals surface area contributed by atoms with Crippen molar-refractivity contribution in [1.82, 2.24) is 0 Å². The number of hydrogen-bond acceptors (Lipinski definition) is 3. The Morgan fingerprint density at radius 2 is 2.33 bits per heavy atom. The molecule has 0 aromatic rings. The Balaban J connectivity index is 3.74. The first-order chi connectivity index (χ1) is 4.22. The van der Waals surface area contributed by atoms with Crippen molar-refractivity contribution in [1.29, 1.82) is 0 Å². The normalized spacial score (nSPS) is 11.1. The Morgan fingerprint density at radius 1 is 1.78 bits per heavy atom. The zero-order valence-electron chi connectivity index (χ0n) is 5.55. The van der Waals surface area contributed by atoms with Crippen LogP contribution < -0.4 is 0 Å². The van der Waals surface area contributed by atoms with Crippen molar-refractivity contribution < 1.29 is 9.84 Å². The molecule has 52 valence electrons. The van der Waals surface area contributed by atoms with E-state index in [-0.39, 0.29) is 0 Å². The second kappa shape index (κ2) is 4.32. The standard InChI is InChI=1S/C6H10O2S/c1-3-8-6(9)5(2)4-7/h4,7H,3H2,1-2H3. The molecule has 0 fully saturated rings. The van der Waals surface area contributed by atoms with Gasteiger partial charge in [0.05, 0.1) is 12.9 Å². The highest BCUT2D eigenvalue weighted by Gasteiger charge is 1.96. The fraction of sp³-hybridized carbons (Fsp3) is 0.500. The van der Waals surface area contributed by atoms with Crippen molar-refractivity contribution in [3.8, 4) is 0 Å². The van der Waals surface area contributed by atoms with Gasteiger partial charge in [-0.3, -0.25) is 0 Å². The van der Waals surface area contributed by atoms with Crippen LogP contribution in [0.2, 0.25) is 0 Å². The van der Waals surface area contributed by atoms with Gasteiger partial charge in [0.1, 0.15) is 0 Å². The Morgan fingerprint density at radius 3 is 2.67 bits per heavy atom. The first kappa shape index (κ1) is 8.43. The van der Waals surface area contributed by atoms with E-state index in [1.807, 2.05) is 6.92 Å². The number of rotatable bonds is 2. The summed E-state index contributed by atoms with van der Waals surface area (Å²) in [5, 5.41) is 8.76. The van der Waals surface area contributed by atoms with Gasteiger partial charge in [0.2, 0.25) is 0 Å². The molecule has 0 saturated heterocycles. The van der Waals surface area contributed by atoms with Gasteiger partial charge in [-0.2, -0.15) is 0 Å². The van der Waals surface area contributed by atoms with Gasteiger partial charge in [-0.05, 0) is 26.1 Å². The summed E-state index contributed by atoms with van der Waals surface area (Å²) >= 11 is 4.72. The van der Waals surface area contributed by atoms with Gasteiger partial charge >= 0.3 is 0 Å². The van der Waals surface area contributed by atoms with E-state index < -0.39 is 0 Å². The fourth-order valence-electron chi connectivity index (χ4n) is 0.298. The second-order valence-corrected chi connectivity index (χ2v) is 1.90. The van der Waals surface area contributed by atoms with Gasteiger partial charge in [0.15, 0.2) is 5.05 Å². The molecular formula is C6H10O2S. The molecule has 1 N–H and O–H groups in total. The van der Waals surface area contributed by atoms with E-state index in [0.29, 0.717) is 17.2 Å². The third-order valence-corrected chi connectivity index (χ3v) is 1.23. The van der Waals surface area contributed by atoms with E-state index in [9.17, 15) is 0 Å². The minimum Gasteiger partial charge on any atom is -0.515 e. The summed E-state index contributed by atoms with van der Waals surface area (Å²) in [6, 6.07) is 0. The third-order valence-electron chi connectivity index (χ3n) is 0.791. The average Bonchev–Trinajstić information content (AvgIpc) is 1.87. The number of thiocarbonyl (C=S) groups is 1. The second-order valence-electron chi connectivity index (χ2n) is 1.53. The first-order valence-corrected chi connectivity index (χ1v) is 3.11. The van der Waals surface area contributed by atoms with Gasteiger partial charge in [-0.25, -0.2) is 0 Å². The van der Waals surface area contributed by atoms with Crippen molar-refractivity contribution in [3.05, 3.63) is 11.8 Å². The van der Waals surface area contributed by atoms with Crippen LogP contribution in [0.1, 0.15) is 13.8 Å². The van der Waals surface area contributed by atoms with E-state index in [1.54, 1.807) is 6.92 Å². The van der Waals surface area contributed by atoms with Crippen molar-refractivity contribution >= 4 is 17.3 Å². The largest absolute Gasteiger partial charge is 0.515 e. The van der Waals surface area contributed by atoms with Crippen LogP contribution in [0.5, 0.6) is 0 Å². The van der Waals surface area contributed by atoms with Gasteiger partial charge in [-0.15, -0.1) is 0 Å². The van der Waals surface area contributed by atoms with Crippen molar-refractivity contribution in [3.63, 3.8) is 0 Å². The molecule has 0 radical (unpaired) electrons. The van der Waals surface area contributed by atoms with Crippen molar-refractivity contribution in [2.75, 3.05) is 6.61 Å². The van der Waals surface area contributed by atoms with Crippen LogP contribution in [-0.2, 0) is 4.74 Å². The predicted octanol–water partition coefficient (Wildman–Crippen LogP) is 1.81. The molecule has 3 heteroatoms. The molecule has 0 rings (SSSR count). The smallest absolute Gasteiger partial charge is 0.189 e. The van der Waals surface area contributed by atoms with Gasteiger partial charge in [-0.1, -0.05) is 0 Å². The molecule has 0 heterocycles. The summed E-state index contributed by atoms with van der Waals surface area (Å²) < 4.78 is 4.90. The molecule has 0 aromatic carbocycles. The molecule has 0 aliphatic heterocycles. The molecule has 0 unspecified atom stereocenters. The molecule has 0 amide bonds. The molecule has 0 bridgehead atoms. The SMILES string of the molecule is CCOC(=S)C(C)=CO. The van der Waals surface area contributed by atoms with Crippen molar-refractivity contribution in [2.45, 2.75) is 13.8 Å². The van der Waals surface area contributed by atoms with Gasteiger partial charge < -0.3 is 9.84 Å². The van der Waals surface area contributed by atoms with Crippen LogP contribution in [0.15, 0.2) is 11.8 Å². The molecule has 2 nitrogen and oxygen atoms in total. The first-order valence-electron chi connectivity index (χ1n) is 2.70. The Bertz CT molecular complexity index is 129. The number of aliphatic hydroxyl groups excluding tert-OH is 1. The van der Waals surface area contributed by atoms with Crippen LogP contribution in [0.25, 0.3) is 0 Å². The third kappa shape index (κ3) is 3.08. The summed E-state index contributed by atoms with van der Waals surface area (Å²) in [5.41, 5.74) is 0.590. The Hall–Kier alpha value is -0.570. The molecular weight excluding hydrogens is 136 g/mol. The van der Waals surface area contributed by atoms with Gasteiger partial charge in [0, 0.05) is 5.57 Å². The molecule has 0 atom stereocenters. The van der Waals surface area contributed by atoms with Crippen LogP contribution in [-0.4, -0.2) is 16.8 Å². The quantitative estimate of drug-likeness (QED) is 0.366. The summed E-state index contributed by atoms with van der Waals surface area (Å²) in [6.45, 7) is 4.08. The minimum atomic E-state index is 0.361. The monoisotopic (exact) mass is 146 g/mol.